The predicted molar refractivity (Wildman–Crippen MR) is 108 cm³/mol. The number of nitrogens with two attached hydrogens (primary N) is 1. The Labute approximate surface area is 152 Å². The van der Waals surface area contributed by atoms with Gasteiger partial charge in [-0.2, -0.15) is 0 Å². The quantitative estimate of drug-likeness (QED) is 0.245. The van der Waals surface area contributed by atoms with Gasteiger partial charge in [0.1, 0.15) is 0 Å². The van der Waals surface area contributed by atoms with Crippen LogP contribution in [0.25, 0.3) is 0 Å². The summed E-state index contributed by atoms with van der Waals surface area (Å²) in [6.45, 7) is 3.17. The third-order valence-corrected chi connectivity index (χ3v) is 4.56. The van der Waals surface area contributed by atoms with E-state index in [1.165, 1.54) is 116 Å². The molecule has 0 rings (SSSR count). The van der Waals surface area contributed by atoms with Crippen molar-refractivity contribution in [3.8, 4) is 0 Å². The summed E-state index contributed by atoms with van der Waals surface area (Å²) >= 11 is 0. The van der Waals surface area contributed by atoms with E-state index in [0.29, 0.717) is 0 Å². The minimum Gasteiger partial charge on any atom is -0.330 e. The number of unbranched alkanes of at least 4 members (excludes halogenated alkanes) is 17. The highest BCUT2D eigenvalue weighted by molar-refractivity contribution is 8.93. The zero-order valence-electron chi connectivity index (χ0n) is 15.4. The molecule has 22 heavy (non-hydrogen) atoms. The van der Waals surface area contributed by atoms with E-state index in [2.05, 4.69) is 6.92 Å². The molecule has 1 nitrogen and oxygen atoms in total. The second-order valence-electron chi connectivity index (χ2n) is 6.80. The summed E-state index contributed by atoms with van der Waals surface area (Å²) in [5.41, 5.74) is 5.49. The molecular weight excluding hydrogens is 334 g/mol. The van der Waals surface area contributed by atoms with Crippen molar-refractivity contribution in [2.24, 2.45) is 5.73 Å². The Balaban J connectivity index is 0. The van der Waals surface area contributed by atoms with Crippen molar-refractivity contribution in [1.29, 1.82) is 0 Å². The SMILES string of the molecule is Br.CCCCCCCCCCCCCCCCCCCCN. The number of hydrogen-bond acceptors (Lipinski definition) is 1. The van der Waals surface area contributed by atoms with E-state index in [-0.39, 0.29) is 17.0 Å². The van der Waals surface area contributed by atoms with E-state index in [0.717, 1.165) is 6.54 Å². The van der Waals surface area contributed by atoms with E-state index in [1.807, 2.05) is 0 Å². The number of halogens is 1. The monoisotopic (exact) mass is 377 g/mol. The van der Waals surface area contributed by atoms with E-state index >= 15 is 0 Å². The van der Waals surface area contributed by atoms with Crippen LogP contribution in [0.1, 0.15) is 122 Å². The molecule has 0 spiro atoms. The lowest BCUT2D eigenvalue weighted by atomic mass is 10.0. The molecule has 0 atom stereocenters. The van der Waals surface area contributed by atoms with Gasteiger partial charge in [0, 0.05) is 0 Å². The Hall–Kier alpha value is 0.440. The zero-order valence-corrected chi connectivity index (χ0v) is 17.1. The second-order valence-corrected chi connectivity index (χ2v) is 6.80. The summed E-state index contributed by atoms with van der Waals surface area (Å²) in [4.78, 5) is 0. The first-order valence-corrected chi connectivity index (χ1v) is 10.1. The molecule has 0 saturated heterocycles. The summed E-state index contributed by atoms with van der Waals surface area (Å²) in [7, 11) is 0. The average molecular weight is 378 g/mol. The first-order chi connectivity index (χ1) is 10.4. The highest BCUT2D eigenvalue weighted by Gasteiger charge is 1.94. The van der Waals surface area contributed by atoms with E-state index in [9.17, 15) is 0 Å². The lowest BCUT2D eigenvalue weighted by molar-refractivity contribution is 0.525. The van der Waals surface area contributed by atoms with Gasteiger partial charge in [-0.3, -0.25) is 0 Å². The van der Waals surface area contributed by atoms with Crippen molar-refractivity contribution >= 4 is 17.0 Å². The normalized spacial score (nSPS) is 10.6. The van der Waals surface area contributed by atoms with Crippen molar-refractivity contribution < 1.29 is 0 Å². The zero-order chi connectivity index (χ0) is 15.4. The molecule has 0 aliphatic rings. The fourth-order valence-corrected chi connectivity index (χ4v) is 3.05. The molecule has 136 valence electrons. The van der Waals surface area contributed by atoms with Gasteiger partial charge in [-0.1, -0.05) is 116 Å². The molecule has 0 aromatic heterocycles. The molecule has 0 amide bonds. The Morgan fingerprint density at radius 3 is 0.864 bits per heavy atom. The van der Waals surface area contributed by atoms with Crippen molar-refractivity contribution in [3.63, 3.8) is 0 Å². The fraction of sp³-hybridized carbons (Fsp3) is 1.00. The van der Waals surface area contributed by atoms with Gasteiger partial charge < -0.3 is 5.73 Å². The van der Waals surface area contributed by atoms with Gasteiger partial charge >= 0.3 is 0 Å². The summed E-state index contributed by atoms with van der Waals surface area (Å²) in [6.07, 6.45) is 25.8. The van der Waals surface area contributed by atoms with Crippen molar-refractivity contribution in [1.82, 2.24) is 0 Å². The molecule has 0 bridgehead atoms. The summed E-state index contributed by atoms with van der Waals surface area (Å²) < 4.78 is 0. The van der Waals surface area contributed by atoms with Gasteiger partial charge in [0.2, 0.25) is 0 Å². The first kappa shape index (κ1) is 24.7. The molecule has 2 N–H and O–H groups in total. The largest absolute Gasteiger partial charge is 0.330 e. The topological polar surface area (TPSA) is 26.0 Å². The molecule has 0 aliphatic heterocycles. The minimum absolute atomic E-state index is 0. The van der Waals surface area contributed by atoms with E-state index in [4.69, 9.17) is 5.73 Å². The van der Waals surface area contributed by atoms with Crippen LogP contribution in [-0.4, -0.2) is 6.54 Å². The first-order valence-electron chi connectivity index (χ1n) is 10.1. The van der Waals surface area contributed by atoms with Gasteiger partial charge in [-0.05, 0) is 13.0 Å². The van der Waals surface area contributed by atoms with Gasteiger partial charge in [-0.25, -0.2) is 0 Å². The standard InChI is InChI=1S/C20H43N.BrH/c1-2-3-4-5-6-7-8-9-10-11-12-13-14-15-16-17-18-19-20-21;/h2-21H2,1H3;1H. The van der Waals surface area contributed by atoms with Gasteiger partial charge in [0.15, 0.2) is 0 Å². The van der Waals surface area contributed by atoms with Crippen LogP contribution in [0.4, 0.5) is 0 Å². The van der Waals surface area contributed by atoms with Crippen LogP contribution in [-0.2, 0) is 0 Å². The van der Waals surface area contributed by atoms with Crippen molar-refractivity contribution in [2.75, 3.05) is 6.54 Å². The molecule has 0 saturated carbocycles. The maximum absolute atomic E-state index is 5.49. The third kappa shape index (κ3) is 22.7. The maximum atomic E-state index is 5.49. The van der Waals surface area contributed by atoms with Crippen LogP contribution in [0.2, 0.25) is 0 Å². The van der Waals surface area contributed by atoms with Crippen LogP contribution in [0, 0.1) is 0 Å². The van der Waals surface area contributed by atoms with Crippen LogP contribution in [0.5, 0.6) is 0 Å². The Bertz CT molecular complexity index is 155. The molecular formula is C20H44BrN. The van der Waals surface area contributed by atoms with Crippen LogP contribution < -0.4 is 5.73 Å². The minimum atomic E-state index is 0. The van der Waals surface area contributed by atoms with Crippen LogP contribution in [0.3, 0.4) is 0 Å². The smallest absolute Gasteiger partial charge is 0.00773 e. The summed E-state index contributed by atoms with van der Waals surface area (Å²) in [5, 5.41) is 0. The Morgan fingerprint density at radius 1 is 0.409 bits per heavy atom. The highest BCUT2D eigenvalue weighted by atomic mass is 79.9. The fourth-order valence-electron chi connectivity index (χ4n) is 3.05. The maximum Gasteiger partial charge on any atom is -0.00773 e. The average Bonchev–Trinajstić information content (AvgIpc) is 2.50. The lowest BCUT2D eigenvalue weighted by Gasteiger charge is -2.03. The summed E-state index contributed by atoms with van der Waals surface area (Å²) in [6, 6.07) is 0. The van der Waals surface area contributed by atoms with Crippen LogP contribution in [0.15, 0.2) is 0 Å². The Kier molecular flexibility index (Phi) is 26.6. The van der Waals surface area contributed by atoms with Crippen LogP contribution >= 0.6 is 17.0 Å². The number of rotatable bonds is 18. The van der Waals surface area contributed by atoms with Crippen molar-refractivity contribution in [3.05, 3.63) is 0 Å². The van der Waals surface area contributed by atoms with E-state index < -0.39 is 0 Å². The molecule has 2 heteroatoms. The third-order valence-electron chi connectivity index (χ3n) is 4.56. The molecule has 0 aromatic carbocycles. The van der Waals surface area contributed by atoms with E-state index in [1.54, 1.807) is 0 Å². The van der Waals surface area contributed by atoms with Gasteiger partial charge in [0.05, 0.1) is 0 Å². The molecule has 0 radical (unpaired) electrons. The molecule has 0 aromatic rings. The lowest BCUT2D eigenvalue weighted by Crippen LogP contribution is -1.97. The number of hydrogen-bond donors (Lipinski definition) is 1. The molecule has 0 unspecified atom stereocenters. The molecule has 0 aliphatic carbocycles. The predicted octanol–water partition coefficient (Wildman–Crippen LogP) is 7.56. The highest BCUT2D eigenvalue weighted by Crippen LogP contribution is 2.14. The second kappa shape index (κ2) is 23.7. The van der Waals surface area contributed by atoms with Gasteiger partial charge in [-0.15, -0.1) is 17.0 Å². The summed E-state index contributed by atoms with van der Waals surface area (Å²) in [5.74, 6) is 0. The van der Waals surface area contributed by atoms with Gasteiger partial charge in [0.25, 0.3) is 0 Å². The Morgan fingerprint density at radius 2 is 0.636 bits per heavy atom. The van der Waals surface area contributed by atoms with Crippen molar-refractivity contribution in [2.45, 2.75) is 122 Å². The molecule has 0 heterocycles. The molecule has 0 fully saturated rings.